The summed E-state index contributed by atoms with van der Waals surface area (Å²) in [6.07, 6.45) is 19.6. The highest BCUT2D eigenvalue weighted by Gasteiger charge is 2.54. The Morgan fingerprint density at radius 3 is 1.02 bits per heavy atom. The molecule has 4 aliphatic rings. The number of aryl methyl sites for hydroxylation is 1. The molecule has 692 valence electrons. The van der Waals surface area contributed by atoms with E-state index in [0.717, 1.165) is 90.8 Å². The maximum absolute atomic E-state index is 13.3. The normalized spacial score (nSPS) is 15.6. The fourth-order valence-electron chi connectivity index (χ4n) is 15.9. The van der Waals surface area contributed by atoms with Crippen LogP contribution in [0.1, 0.15) is 63.9 Å². The van der Waals surface area contributed by atoms with Crippen LogP contribution >= 0.6 is 45.3 Å². The van der Waals surface area contributed by atoms with Crippen molar-refractivity contribution < 1.29 is 38.1 Å². The molecule has 2 aromatic carbocycles. The molecule has 0 spiro atoms. The van der Waals surface area contributed by atoms with Crippen molar-refractivity contribution in [2.75, 3.05) is 96.6 Å². The lowest BCUT2D eigenvalue weighted by molar-refractivity contribution is 0.0719. The van der Waals surface area contributed by atoms with Gasteiger partial charge in [-0.25, -0.2) is 82.9 Å². The average Bonchev–Trinajstić information content (AvgIpc) is 1.45. The van der Waals surface area contributed by atoms with E-state index in [2.05, 4.69) is 101 Å². The molecule has 4 aliphatic heterocycles. The predicted molar refractivity (Wildman–Crippen MR) is 515 cm³/mol. The maximum atomic E-state index is 13.3. The molecule has 0 amide bonds. The zero-order valence-corrected chi connectivity index (χ0v) is 79.7. The summed E-state index contributed by atoms with van der Waals surface area (Å²) >= 11 is 6.15. The van der Waals surface area contributed by atoms with Crippen molar-refractivity contribution in [2.45, 2.75) is 82.5 Å². The Kier molecular flexibility index (Phi) is 26.5. The van der Waals surface area contributed by atoms with Gasteiger partial charge >= 0.3 is 0 Å². The monoisotopic (exact) mass is 1980 g/mol. The van der Waals surface area contributed by atoms with Crippen LogP contribution in [0, 0.1) is 69.4 Å². The third-order valence-electron chi connectivity index (χ3n) is 23.4. The highest BCUT2D eigenvalue weighted by molar-refractivity contribution is 7.89. The van der Waals surface area contributed by atoms with Crippen LogP contribution in [0.5, 0.6) is 0 Å². The SMILES string of the molecule is CCS(=O)(=O)N1CC(CC#N)(n2cc(-c3nc(Nc4ccc(C#N)nc4)nc4ccsc34)cn2)C1.CCS(=O)(=O)N1CC(CC#N)(n2cc(-c3nc(Nc4ccc(F)cc4)nc4ccsc34)cn2)C1.CCS(=O)(=O)N1CC(CC#N)(n2cc(-c3nc(Nc4ccccc4)nc4cc(C)sc34)cn2)C1.CCS(=O)(=O)N1CC(CC#N)(n2cc(-c3nc(Nc4ccncc4)nc4ccsc34)cn2)C1. The molecule has 4 N–H and O–H groups in total. The van der Waals surface area contributed by atoms with E-state index in [4.69, 9.17) is 20.2 Å². The van der Waals surface area contributed by atoms with Gasteiger partial charge in [-0.05, 0) is 136 Å². The van der Waals surface area contributed by atoms with Gasteiger partial charge < -0.3 is 21.3 Å². The Morgan fingerprint density at radius 2 is 0.699 bits per heavy atom. The van der Waals surface area contributed by atoms with E-state index >= 15 is 0 Å². The number of hydrogen-bond acceptors (Lipinski definition) is 35. The number of aromatic nitrogens is 18. The van der Waals surface area contributed by atoms with Crippen LogP contribution in [0.25, 0.3) is 85.9 Å². The Labute approximate surface area is 795 Å². The van der Waals surface area contributed by atoms with Crippen molar-refractivity contribution in [2.24, 2.45) is 0 Å². The first kappa shape index (κ1) is 93.8. The van der Waals surface area contributed by atoms with Gasteiger partial charge in [0, 0.05) is 134 Å². The number of benzene rings is 2. The summed E-state index contributed by atoms with van der Waals surface area (Å²) in [7, 11) is -13.3. The second-order valence-corrected chi connectivity index (χ2v) is 45.4. The Hall–Kier alpha value is -14.0. The number of nitriles is 5. The van der Waals surface area contributed by atoms with Gasteiger partial charge in [-0.2, -0.15) is 63.9 Å². The molecule has 0 unspecified atom stereocenters. The highest BCUT2D eigenvalue weighted by Crippen LogP contribution is 2.44. The summed E-state index contributed by atoms with van der Waals surface area (Å²) < 4.78 is 127. The van der Waals surface area contributed by atoms with E-state index in [0.29, 0.717) is 52.2 Å². The molecule has 20 rings (SSSR count). The fraction of sp³-hybridized carbons (Fsp3) is 0.284. The molecule has 0 bridgehead atoms. The smallest absolute Gasteiger partial charge is 0.228 e. The number of thiophene rings is 4. The molecular weight excluding hydrogens is 1890 g/mol. The largest absolute Gasteiger partial charge is 0.324 e. The predicted octanol–water partition coefficient (Wildman–Crippen LogP) is 13.4. The van der Waals surface area contributed by atoms with Gasteiger partial charge in [-0.15, -0.1) is 45.3 Å². The number of pyridine rings is 2. The van der Waals surface area contributed by atoms with Crippen LogP contribution in [-0.2, 0) is 62.2 Å². The Balaban J connectivity index is 0.000000126. The minimum Gasteiger partial charge on any atom is -0.324 e. The van der Waals surface area contributed by atoms with E-state index < -0.39 is 62.2 Å². The Bertz CT molecular complexity index is 7890. The molecule has 0 saturated carbocycles. The summed E-state index contributed by atoms with van der Waals surface area (Å²) in [5.74, 6) is 1.42. The highest BCUT2D eigenvalue weighted by atomic mass is 32.2. The zero-order valence-electron chi connectivity index (χ0n) is 73.2. The molecule has 136 heavy (non-hydrogen) atoms. The van der Waals surface area contributed by atoms with Crippen LogP contribution in [0.2, 0.25) is 0 Å². The van der Waals surface area contributed by atoms with Gasteiger partial charge in [0.05, 0.1) is 173 Å². The topological polar surface area (TPSA) is 517 Å². The summed E-state index contributed by atoms with van der Waals surface area (Å²) in [4.78, 5) is 46.5. The van der Waals surface area contributed by atoms with Crippen LogP contribution in [-0.4, -0.2) is 215 Å². The van der Waals surface area contributed by atoms with E-state index in [9.17, 15) is 59.1 Å². The van der Waals surface area contributed by atoms with Gasteiger partial charge in [0.25, 0.3) is 0 Å². The standard InChI is InChI=1S/C23H23N7O2S2.C22H20FN7O2S2.C22H19N9O2S2.C21H20N8O2S2/c1-3-34(31,32)29-14-23(15-29,9-10-24)30-13-17(12-25-30)20-21-19(11-16(2)33-21)27-22(28-20)26-18-7-5-4-6-8-18;1-2-34(31,32)29-13-22(14-29,8-9-24)30-12-15(11-25-30)19-20-18(7-10-33-20)27-21(28-19)26-17-5-3-16(23)4-6-17;1-2-35(32,33)30-13-22(14-30,6-7-23)31-12-15(10-26-31)19-20-18(5-8-34-20)28-21(29-19)27-17-4-3-16(9-24)25-11-17;1-2-33(30,31)28-13-21(14-28,6-7-22)29-12-15(11-24-29)18-19-17(5-10-32-19)26-20(27-18)25-16-3-8-23-9-4-16/h4-8,11-13H,3,9,14-15H2,1-2H3,(H,26,27,28);3-7,10-12H,2,8,13-14H2,1H3,(H,26,27,28);3-5,8,10-12H,2,6,13-14H2,1H3,(H,27,28,29);3-5,8-12H,2,6,13-14H2,1H3,(H,23,25,26,27). The molecule has 4 fully saturated rings. The molecule has 16 aromatic rings. The van der Waals surface area contributed by atoms with Crippen LogP contribution in [0.15, 0.2) is 187 Å². The van der Waals surface area contributed by atoms with Crippen molar-refractivity contribution in [1.82, 2.24) is 106 Å². The second-order valence-electron chi connectivity index (χ2n) is 32.3. The quantitative estimate of drug-likeness (QED) is 0.0354. The first-order valence-corrected chi connectivity index (χ1v) is 52.2. The molecule has 0 radical (unpaired) electrons. The lowest BCUT2D eigenvalue weighted by Crippen LogP contribution is -2.64. The van der Waals surface area contributed by atoms with Crippen LogP contribution in [0.3, 0.4) is 0 Å². The first-order valence-electron chi connectivity index (χ1n) is 42.3. The van der Waals surface area contributed by atoms with Crippen molar-refractivity contribution in [3.63, 3.8) is 0 Å². The van der Waals surface area contributed by atoms with Gasteiger partial charge in [0.15, 0.2) is 0 Å². The van der Waals surface area contributed by atoms with Crippen LogP contribution in [0.4, 0.5) is 50.9 Å². The van der Waals surface area contributed by atoms with Gasteiger partial charge in [-0.3, -0.25) is 23.7 Å². The average molecular weight is 1980 g/mol. The Morgan fingerprint density at radius 1 is 0.382 bits per heavy atom. The minimum atomic E-state index is -3.33. The number of sulfonamides is 4. The molecule has 18 heterocycles. The third kappa shape index (κ3) is 19.1. The van der Waals surface area contributed by atoms with E-state index in [-0.39, 0.29) is 107 Å². The van der Waals surface area contributed by atoms with Gasteiger partial charge in [0.1, 0.15) is 39.7 Å². The van der Waals surface area contributed by atoms with Crippen molar-refractivity contribution in [3.05, 3.63) is 204 Å². The minimum absolute atomic E-state index is 0.0150. The van der Waals surface area contributed by atoms with Gasteiger partial charge in [-0.1, -0.05) is 18.2 Å². The molecule has 0 aliphatic carbocycles. The molecular formula is C88H82FN31O8S8. The number of anilines is 8. The van der Waals surface area contributed by atoms with Crippen molar-refractivity contribution >= 4 is 173 Å². The number of fused-ring (bicyclic) bond motifs is 4. The lowest BCUT2D eigenvalue weighted by Gasteiger charge is -2.47. The fourth-order valence-corrected chi connectivity index (χ4v) is 24.3. The second kappa shape index (κ2) is 38.4. The summed E-state index contributed by atoms with van der Waals surface area (Å²) in [6.45, 7) is 10.2. The first-order chi connectivity index (χ1) is 65.5. The number of halogens is 1. The number of nitrogens with one attached hydrogen (secondary N) is 4. The number of hydrogen-bond donors (Lipinski definition) is 4. The summed E-state index contributed by atoms with van der Waals surface area (Å²) in [6, 6.07) is 41.1. The van der Waals surface area contributed by atoms with E-state index in [1.165, 1.54) is 69.6 Å². The molecule has 14 aromatic heterocycles. The van der Waals surface area contributed by atoms with E-state index in [1.807, 2.05) is 114 Å². The number of para-hydroxylation sites is 1. The summed E-state index contributed by atoms with van der Waals surface area (Å²) in [5.41, 5.74) is 9.50. The third-order valence-corrected chi connectivity index (χ3v) is 34.3. The molecule has 4 saturated heterocycles. The van der Waals surface area contributed by atoms with Crippen molar-refractivity contribution in [1.29, 1.82) is 26.3 Å². The van der Waals surface area contributed by atoms with Crippen molar-refractivity contribution in [3.8, 4) is 75.4 Å². The molecule has 39 nitrogen and oxygen atoms in total. The molecule has 48 heteroatoms. The molecule has 0 atom stereocenters. The van der Waals surface area contributed by atoms with Gasteiger partial charge in [0.2, 0.25) is 63.9 Å². The zero-order chi connectivity index (χ0) is 95.5. The lowest BCUT2D eigenvalue weighted by atomic mass is 9.89. The number of rotatable bonds is 28. The maximum Gasteiger partial charge on any atom is 0.228 e. The number of nitrogens with zero attached hydrogens (tertiary/aromatic N) is 27. The van der Waals surface area contributed by atoms with E-state index in [1.54, 1.807) is 125 Å². The van der Waals surface area contributed by atoms with Crippen LogP contribution < -0.4 is 21.3 Å². The summed E-state index contributed by atoms with van der Waals surface area (Å²) in [5, 5.41) is 83.1.